The number of carboxylic acids is 1. The largest absolute Gasteiger partial charge is 0.481 e. The van der Waals surface area contributed by atoms with E-state index in [9.17, 15) is 14.0 Å². The predicted molar refractivity (Wildman–Crippen MR) is 80.2 cm³/mol. The van der Waals surface area contributed by atoms with Gasteiger partial charge in [-0.2, -0.15) is 0 Å². The topological polar surface area (TPSA) is 75.6 Å². The Labute approximate surface area is 129 Å². The van der Waals surface area contributed by atoms with Crippen LogP contribution in [0.5, 0.6) is 5.75 Å². The highest BCUT2D eigenvalue weighted by atomic mass is 19.1. The molecule has 22 heavy (non-hydrogen) atoms. The van der Waals surface area contributed by atoms with Crippen LogP contribution in [0.1, 0.15) is 40.0 Å². The van der Waals surface area contributed by atoms with Gasteiger partial charge in [-0.15, -0.1) is 0 Å². The third-order valence-electron chi connectivity index (χ3n) is 3.74. The first-order valence-corrected chi connectivity index (χ1v) is 7.28. The number of halogens is 1. The van der Waals surface area contributed by atoms with Gasteiger partial charge in [0, 0.05) is 0 Å². The minimum absolute atomic E-state index is 0.0121. The highest BCUT2D eigenvalue weighted by Gasteiger charge is 2.32. The number of aliphatic carboxylic acids is 1. The fraction of sp³-hybridized carbons (Fsp3) is 0.500. The molecule has 1 rings (SSSR count). The molecule has 1 unspecified atom stereocenters. The van der Waals surface area contributed by atoms with Crippen LogP contribution in [-0.4, -0.2) is 28.6 Å². The van der Waals surface area contributed by atoms with E-state index in [4.69, 9.17) is 9.84 Å². The van der Waals surface area contributed by atoms with Gasteiger partial charge in [-0.1, -0.05) is 26.0 Å². The van der Waals surface area contributed by atoms with E-state index in [2.05, 4.69) is 5.32 Å². The Morgan fingerprint density at radius 1 is 1.32 bits per heavy atom. The molecule has 2 N–H and O–H groups in total. The summed E-state index contributed by atoms with van der Waals surface area (Å²) in [4.78, 5) is 23.2. The third-order valence-corrected chi connectivity index (χ3v) is 3.74. The Morgan fingerprint density at radius 2 is 1.91 bits per heavy atom. The van der Waals surface area contributed by atoms with Gasteiger partial charge < -0.3 is 15.2 Å². The lowest BCUT2D eigenvalue weighted by Gasteiger charge is -2.32. The molecule has 0 heterocycles. The molecule has 6 heteroatoms. The van der Waals surface area contributed by atoms with E-state index in [1.807, 2.05) is 13.8 Å². The Hall–Kier alpha value is -2.11. The highest BCUT2D eigenvalue weighted by molar-refractivity contribution is 5.82. The standard InChI is InChI=1S/C16H22FNO4/c1-4-16(5-2,10-14(19)20)18-15(21)11(3)22-13-9-7-6-8-12(13)17/h6-9,11H,4-5,10H2,1-3H3,(H,18,21)(H,19,20). The summed E-state index contributed by atoms with van der Waals surface area (Å²) in [6, 6.07) is 5.81. The van der Waals surface area contributed by atoms with Crippen molar-refractivity contribution in [2.24, 2.45) is 0 Å². The summed E-state index contributed by atoms with van der Waals surface area (Å²) in [6.45, 7) is 5.13. The van der Waals surface area contributed by atoms with Gasteiger partial charge in [-0.05, 0) is 31.9 Å². The molecule has 1 aromatic carbocycles. The number of carbonyl (C=O) groups excluding carboxylic acids is 1. The third kappa shape index (κ3) is 4.72. The Morgan fingerprint density at radius 3 is 2.41 bits per heavy atom. The molecule has 0 aromatic heterocycles. The zero-order chi connectivity index (χ0) is 16.8. The number of ether oxygens (including phenoxy) is 1. The van der Waals surface area contributed by atoms with Crippen LogP contribution >= 0.6 is 0 Å². The second-order valence-electron chi connectivity index (χ2n) is 5.24. The fourth-order valence-electron chi connectivity index (χ4n) is 2.16. The molecule has 122 valence electrons. The second-order valence-corrected chi connectivity index (χ2v) is 5.24. The number of hydrogen-bond donors (Lipinski definition) is 2. The lowest BCUT2D eigenvalue weighted by atomic mass is 9.88. The smallest absolute Gasteiger partial charge is 0.305 e. The maximum absolute atomic E-state index is 13.5. The number of benzene rings is 1. The molecule has 0 aliphatic carbocycles. The molecule has 0 spiro atoms. The first-order chi connectivity index (χ1) is 10.3. The summed E-state index contributed by atoms with van der Waals surface area (Å²) >= 11 is 0. The molecular formula is C16H22FNO4. The highest BCUT2D eigenvalue weighted by Crippen LogP contribution is 2.21. The molecular weight excluding hydrogens is 289 g/mol. The van der Waals surface area contributed by atoms with E-state index in [-0.39, 0.29) is 12.2 Å². The molecule has 1 aromatic rings. The number of hydrogen-bond acceptors (Lipinski definition) is 3. The monoisotopic (exact) mass is 311 g/mol. The number of carboxylic acid groups (broad SMARTS) is 1. The first-order valence-electron chi connectivity index (χ1n) is 7.28. The molecule has 0 saturated carbocycles. The van der Waals surface area contributed by atoms with Crippen molar-refractivity contribution in [1.82, 2.24) is 5.32 Å². The quantitative estimate of drug-likeness (QED) is 0.774. The number of nitrogens with one attached hydrogen (secondary N) is 1. The molecule has 0 aliphatic rings. The van der Waals surface area contributed by atoms with Crippen molar-refractivity contribution in [2.75, 3.05) is 0 Å². The van der Waals surface area contributed by atoms with Crippen molar-refractivity contribution in [3.63, 3.8) is 0 Å². The maximum atomic E-state index is 13.5. The number of amides is 1. The zero-order valence-corrected chi connectivity index (χ0v) is 13.1. The summed E-state index contributed by atoms with van der Waals surface area (Å²) in [5, 5.41) is 11.7. The van der Waals surface area contributed by atoms with E-state index < -0.39 is 29.3 Å². The van der Waals surface area contributed by atoms with Gasteiger partial charge in [0.1, 0.15) is 0 Å². The van der Waals surface area contributed by atoms with Crippen molar-refractivity contribution in [1.29, 1.82) is 0 Å². The van der Waals surface area contributed by atoms with Crippen molar-refractivity contribution >= 4 is 11.9 Å². The van der Waals surface area contributed by atoms with Crippen molar-refractivity contribution < 1.29 is 23.8 Å². The Bertz CT molecular complexity index is 529. The maximum Gasteiger partial charge on any atom is 0.305 e. The van der Waals surface area contributed by atoms with Crippen LogP contribution in [0.3, 0.4) is 0 Å². The molecule has 0 saturated heterocycles. The minimum atomic E-state index is -0.980. The molecule has 1 atom stereocenters. The van der Waals surface area contributed by atoms with Crippen molar-refractivity contribution in [3.8, 4) is 5.75 Å². The van der Waals surface area contributed by atoms with Crippen molar-refractivity contribution in [3.05, 3.63) is 30.1 Å². The summed E-state index contributed by atoms with van der Waals surface area (Å²) in [5.41, 5.74) is -0.824. The van der Waals surface area contributed by atoms with E-state index in [0.717, 1.165) is 0 Å². The van der Waals surface area contributed by atoms with Gasteiger partial charge in [0.2, 0.25) is 0 Å². The van der Waals surface area contributed by atoms with Crippen LogP contribution < -0.4 is 10.1 Å². The summed E-state index contributed by atoms with van der Waals surface area (Å²) in [5.74, 6) is -2.01. The van der Waals surface area contributed by atoms with E-state index in [1.165, 1.54) is 25.1 Å². The van der Waals surface area contributed by atoms with Gasteiger partial charge in [-0.25, -0.2) is 4.39 Å². The van der Waals surface area contributed by atoms with Crippen LogP contribution in [0, 0.1) is 5.82 Å². The van der Waals surface area contributed by atoms with Crippen LogP contribution in [-0.2, 0) is 9.59 Å². The summed E-state index contributed by atoms with van der Waals surface area (Å²) in [7, 11) is 0. The average molecular weight is 311 g/mol. The number of rotatable bonds is 8. The van der Waals surface area contributed by atoms with Gasteiger partial charge in [0.05, 0.1) is 12.0 Å². The lowest BCUT2D eigenvalue weighted by molar-refractivity contribution is -0.139. The van der Waals surface area contributed by atoms with Gasteiger partial charge in [0.15, 0.2) is 17.7 Å². The fourth-order valence-corrected chi connectivity index (χ4v) is 2.16. The molecule has 0 bridgehead atoms. The second kappa shape index (κ2) is 7.77. The molecule has 0 fully saturated rings. The van der Waals surface area contributed by atoms with Crippen molar-refractivity contribution in [2.45, 2.75) is 51.7 Å². The van der Waals surface area contributed by atoms with Crippen LogP contribution in [0.4, 0.5) is 4.39 Å². The van der Waals surface area contributed by atoms with Gasteiger partial charge >= 0.3 is 5.97 Å². The Kier molecular flexibility index (Phi) is 6.34. The minimum Gasteiger partial charge on any atom is -0.481 e. The van der Waals surface area contributed by atoms with Crippen LogP contribution in [0.2, 0.25) is 0 Å². The van der Waals surface area contributed by atoms with E-state index >= 15 is 0 Å². The summed E-state index contributed by atoms with van der Waals surface area (Å²) < 4.78 is 18.8. The zero-order valence-electron chi connectivity index (χ0n) is 13.1. The lowest BCUT2D eigenvalue weighted by Crippen LogP contribution is -2.52. The molecule has 0 aliphatic heterocycles. The van der Waals surface area contributed by atoms with Crippen LogP contribution in [0.15, 0.2) is 24.3 Å². The molecule has 0 radical (unpaired) electrons. The number of carbonyl (C=O) groups is 2. The number of para-hydroxylation sites is 1. The first kappa shape index (κ1) is 17.9. The van der Waals surface area contributed by atoms with Crippen LogP contribution in [0.25, 0.3) is 0 Å². The molecule has 5 nitrogen and oxygen atoms in total. The average Bonchev–Trinajstić information content (AvgIpc) is 2.48. The van der Waals surface area contributed by atoms with E-state index in [0.29, 0.717) is 12.8 Å². The van der Waals surface area contributed by atoms with Gasteiger partial charge in [0.25, 0.3) is 5.91 Å². The van der Waals surface area contributed by atoms with Gasteiger partial charge in [-0.3, -0.25) is 9.59 Å². The SMILES string of the molecule is CCC(CC)(CC(=O)O)NC(=O)C(C)Oc1ccccc1F. The molecule has 1 amide bonds. The normalized spacial score (nSPS) is 12.5. The summed E-state index contributed by atoms with van der Waals surface area (Å²) in [6.07, 6.45) is -0.136. The predicted octanol–water partition coefficient (Wildman–Crippen LogP) is 2.74. The van der Waals surface area contributed by atoms with E-state index in [1.54, 1.807) is 6.07 Å². The Balaban J connectivity index is 2.77.